The standard InChI is InChI=1S/C22H23FN4S/c1-4-26-14(2)13-16(15(26)3)21-20(18-10-7-8-12-24-18)25-22(28)27(21)19-11-6-5-9-17(19)23/h5-13,20-21H,4H2,1-3H3,(H,25,28). The molecule has 1 N–H and O–H groups in total. The molecule has 28 heavy (non-hydrogen) atoms. The maximum atomic E-state index is 14.7. The van der Waals surface area contributed by atoms with Gasteiger partial charge in [0.2, 0.25) is 0 Å². The second-order valence-electron chi connectivity index (χ2n) is 7.02. The molecule has 1 aliphatic heterocycles. The summed E-state index contributed by atoms with van der Waals surface area (Å²) in [6, 6.07) is 14.4. The summed E-state index contributed by atoms with van der Waals surface area (Å²) < 4.78 is 17.0. The number of aryl methyl sites for hydroxylation is 1. The Morgan fingerprint density at radius 2 is 1.89 bits per heavy atom. The molecule has 1 fully saturated rings. The molecule has 2 unspecified atom stereocenters. The number of para-hydroxylation sites is 1. The fourth-order valence-electron chi connectivity index (χ4n) is 4.19. The molecule has 0 radical (unpaired) electrons. The van der Waals surface area contributed by atoms with E-state index in [2.05, 4.69) is 41.7 Å². The van der Waals surface area contributed by atoms with Gasteiger partial charge < -0.3 is 14.8 Å². The van der Waals surface area contributed by atoms with Gasteiger partial charge in [0, 0.05) is 24.1 Å². The van der Waals surface area contributed by atoms with Gasteiger partial charge in [0.05, 0.1) is 23.5 Å². The van der Waals surface area contributed by atoms with Gasteiger partial charge in [-0.15, -0.1) is 0 Å². The Morgan fingerprint density at radius 1 is 1.14 bits per heavy atom. The van der Waals surface area contributed by atoms with Crippen LogP contribution in [-0.2, 0) is 6.54 Å². The first-order valence-electron chi connectivity index (χ1n) is 9.44. The summed E-state index contributed by atoms with van der Waals surface area (Å²) in [5.74, 6) is -0.289. The van der Waals surface area contributed by atoms with Crippen molar-refractivity contribution in [2.75, 3.05) is 4.90 Å². The number of halogens is 1. The van der Waals surface area contributed by atoms with Crippen molar-refractivity contribution in [3.05, 3.63) is 83.2 Å². The van der Waals surface area contributed by atoms with Gasteiger partial charge in [-0.05, 0) is 68.9 Å². The molecule has 1 aromatic carbocycles. The van der Waals surface area contributed by atoms with Crippen LogP contribution in [0.2, 0.25) is 0 Å². The predicted octanol–water partition coefficient (Wildman–Crippen LogP) is 4.84. The topological polar surface area (TPSA) is 33.1 Å². The van der Waals surface area contributed by atoms with Gasteiger partial charge >= 0.3 is 0 Å². The van der Waals surface area contributed by atoms with Crippen molar-refractivity contribution in [2.24, 2.45) is 0 Å². The molecule has 0 amide bonds. The molecule has 1 aliphatic rings. The van der Waals surface area contributed by atoms with Crippen molar-refractivity contribution in [2.45, 2.75) is 39.4 Å². The molecule has 4 rings (SSSR count). The average Bonchev–Trinajstić information content (AvgIpc) is 3.18. The molecular weight excluding hydrogens is 371 g/mol. The molecule has 3 aromatic rings. The molecular formula is C22H23FN4S. The number of nitrogens with one attached hydrogen (secondary N) is 1. The summed E-state index contributed by atoms with van der Waals surface area (Å²) in [7, 11) is 0. The van der Waals surface area contributed by atoms with Crippen LogP contribution in [0.4, 0.5) is 10.1 Å². The van der Waals surface area contributed by atoms with Gasteiger partial charge in [-0.1, -0.05) is 18.2 Å². The van der Waals surface area contributed by atoms with Gasteiger partial charge in [-0.2, -0.15) is 0 Å². The summed E-state index contributed by atoms with van der Waals surface area (Å²) >= 11 is 5.66. The second-order valence-corrected chi connectivity index (χ2v) is 7.41. The summed E-state index contributed by atoms with van der Waals surface area (Å²) in [5.41, 5.74) is 4.84. The highest BCUT2D eigenvalue weighted by atomic mass is 32.1. The van der Waals surface area contributed by atoms with E-state index in [9.17, 15) is 4.39 Å². The Morgan fingerprint density at radius 3 is 2.54 bits per heavy atom. The number of hydrogen-bond donors (Lipinski definition) is 1. The lowest BCUT2D eigenvalue weighted by atomic mass is 9.96. The third kappa shape index (κ3) is 2.98. The van der Waals surface area contributed by atoms with E-state index in [1.54, 1.807) is 18.3 Å². The number of hydrogen-bond acceptors (Lipinski definition) is 2. The number of nitrogens with zero attached hydrogens (tertiary/aromatic N) is 3. The molecule has 0 spiro atoms. The van der Waals surface area contributed by atoms with Crippen molar-refractivity contribution in [1.82, 2.24) is 14.9 Å². The number of thiocarbonyl (C=S) groups is 1. The maximum absolute atomic E-state index is 14.7. The number of anilines is 1. The first-order chi connectivity index (χ1) is 13.5. The van der Waals surface area contributed by atoms with E-state index in [0.29, 0.717) is 10.8 Å². The summed E-state index contributed by atoms with van der Waals surface area (Å²) in [6.07, 6.45) is 1.78. The lowest BCUT2D eigenvalue weighted by Crippen LogP contribution is -2.30. The normalized spacial score (nSPS) is 19.1. The Balaban J connectivity index is 1.91. The van der Waals surface area contributed by atoms with Crippen LogP contribution in [0.15, 0.2) is 54.7 Å². The van der Waals surface area contributed by atoms with E-state index in [4.69, 9.17) is 12.2 Å². The molecule has 0 bridgehead atoms. The highest BCUT2D eigenvalue weighted by molar-refractivity contribution is 7.80. The first kappa shape index (κ1) is 18.6. The van der Waals surface area contributed by atoms with Crippen molar-refractivity contribution in [3.8, 4) is 0 Å². The van der Waals surface area contributed by atoms with E-state index in [1.807, 2.05) is 29.2 Å². The van der Waals surface area contributed by atoms with Crippen molar-refractivity contribution < 1.29 is 4.39 Å². The van der Waals surface area contributed by atoms with Crippen LogP contribution >= 0.6 is 12.2 Å². The van der Waals surface area contributed by atoms with Crippen molar-refractivity contribution in [3.63, 3.8) is 0 Å². The Hall–Kier alpha value is -2.73. The van der Waals surface area contributed by atoms with Crippen LogP contribution in [0, 0.1) is 19.7 Å². The lowest BCUT2D eigenvalue weighted by molar-refractivity contribution is 0.554. The summed E-state index contributed by atoms with van der Waals surface area (Å²) in [6.45, 7) is 7.23. The van der Waals surface area contributed by atoms with E-state index in [0.717, 1.165) is 17.8 Å². The fraction of sp³-hybridized carbons (Fsp3) is 0.273. The highest BCUT2D eigenvalue weighted by Gasteiger charge is 2.42. The lowest BCUT2D eigenvalue weighted by Gasteiger charge is -2.28. The van der Waals surface area contributed by atoms with E-state index >= 15 is 0 Å². The number of aromatic nitrogens is 2. The number of benzene rings is 1. The molecule has 1 saturated heterocycles. The zero-order valence-electron chi connectivity index (χ0n) is 16.2. The van der Waals surface area contributed by atoms with Crippen LogP contribution in [0.1, 0.15) is 41.7 Å². The first-order valence-corrected chi connectivity index (χ1v) is 9.85. The number of rotatable bonds is 4. The van der Waals surface area contributed by atoms with Crippen LogP contribution < -0.4 is 10.2 Å². The molecule has 0 saturated carbocycles. The average molecular weight is 395 g/mol. The minimum atomic E-state index is -0.289. The molecule has 2 atom stereocenters. The van der Waals surface area contributed by atoms with Crippen LogP contribution in [0.3, 0.4) is 0 Å². The van der Waals surface area contributed by atoms with Gasteiger partial charge in [0.15, 0.2) is 5.11 Å². The Kier molecular flexibility index (Phi) is 4.89. The SMILES string of the molecule is CCn1c(C)cc(C2C(c3ccccn3)NC(=S)N2c2ccccc2F)c1C. The predicted molar refractivity (Wildman–Crippen MR) is 114 cm³/mol. The van der Waals surface area contributed by atoms with Crippen molar-refractivity contribution in [1.29, 1.82) is 0 Å². The summed E-state index contributed by atoms with van der Waals surface area (Å²) in [4.78, 5) is 6.45. The minimum absolute atomic E-state index is 0.167. The van der Waals surface area contributed by atoms with Crippen molar-refractivity contribution >= 4 is 23.0 Å². The fourth-order valence-corrected chi connectivity index (χ4v) is 4.53. The third-order valence-corrected chi connectivity index (χ3v) is 5.77. The third-order valence-electron chi connectivity index (χ3n) is 5.46. The summed E-state index contributed by atoms with van der Waals surface area (Å²) in [5, 5.41) is 3.89. The molecule has 4 nitrogen and oxygen atoms in total. The Bertz CT molecular complexity index is 1010. The van der Waals surface area contributed by atoms with E-state index in [1.165, 1.54) is 17.5 Å². The smallest absolute Gasteiger partial charge is 0.174 e. The Labute approximate surface area is 170 Å². The zero-order chi connectivity index (χ0) is 19.8. The van der Waals surface area contributed by atoms with Crippen LogP contribution in [-0.4, -0.2) is 14.7 Å². The monoisotopic (exact) mass is 394 g/mol. The molecule has 0 aliphatic carbocycles. The second kappa shape index (κ2) is 7.36. The van der Waals surface area contributed by atoms with Gasteiger partial charge in [0.1, 0.15) is 5.82 Å². The van der Waals surface area contributed by atoms with Gasteiger partial charge in [0.25, 0.3) is 0 Å². The molecule has 144 valence electrons. The number of pyridine rings is 1. The van der Waals surface area contributed by atoms with E-state index < -0.39 is 0 Å². The molecule has 2 aromatic heterocycles. The zero-order valence-corrected chi connectivity index (χ0v) is 17.0. The largest absolute Gasteiger partial charge is 0.351 e. The molecule has 3 heterocycles. The van der Waals surface area contributed by atoms with Gasteiger partial charge in [-0.3, -0.25) is 4.98 Å². The molecule has 6 heteroatoms. The van der Waals surface area contributed by atoms with Gasteiger partial charge in [-0.25, -0.2) is 4.39 Å². The van der Waals surface area contributed by atoms with Crippen LogP contribution in [0.25, 0.3) is 0 Å². The maximum Gasteiger partial charge on any atom is 0.174 e. The van der Waals surface area contributed by atoms with E-state index in [-0.39, 0.29) is 17.9 Å². The van der Waals surface area contributed by atoms with Crippen LogP contribution in [0.5, 0.6) is 0 Å². The highest BCUT2D eigenvalue weighted by Crippen LogP contribution is 2.43. The quantitative estimate of drug-likeness (QED) is 0.642. The minimum Gasteiger partial charge on any atom is -0.351 e.